The van der Waals surface area contributed by atoms with Crippen molar-refractivity contribution in [1.82, 2.24) is 35.7 Å². The van der Waals surface area contributed by atoms with Crippen LogP contribution in [0.1, 0.15) is 94.7 Å². The highest BCUT2D eigenvalue weighted by molar-refractivity contribution is 7.13. The topological polar surface area (TPSA) is 223 Å². The summed E-state index contributed by atoms with van der Waals surface area (Å²) in [7, 11) is 0. The number of nitriles is 1. The molecule has 2 aromatic heterocycles. The van der Waals surface area contributed by atoms with Gasteiger partial charge in [-0.15, -0.1) is 11.3 Å². The first-order valence-corrected chi connectivity index (χ1v) is 25.3. The highest BCUT2D eigenvalue weighted by Gasteiger charge is 2.64. The minimum atomic E-state index is -1.35. The maximum atomic E-state index is 14.1. The molecular formula is C52H64ClN9O8S. The molecule has 5 heterocycles. The largest absolute Gasteiger partial charge is 0.489 e. The number of carbonyl (C=O) groups is 4. The number of thiazole rings is 1. The molecule has 378 valence electrons. The van der Waals surface area contributed by atoms with Crippen molar-refractivity contribution >= 4 is 52.4 Å². The number of ether oxygens (including phenoxy) is 2. The lowest BCUT2D eigenvalue weighted by atomic mass is 9.49. The van der Waals surface area contributed by atoms with E-state index in [-0.39, 0.29) is 49.7 Å². The molecule has 8 rings (SSSR count). The molecule has 0 unspecified atom stereocenters. The summed E-state index contributed by atoms with van der Waals surface area (Å²) in [5, 5.41) is 39.8. The van der Waals surface area contributed by atoms with Crippen LogP contribution in [0, 0.1) is 34.5 Å². The van der Waals surface area contributed by atoms with E-state index < -0.39 is 58.4 Å². The van der Waals surface area contributed by atoms with Gasteiger partial charge in [0.15, 0.2) is 6.23 Å². The molecule has 4 aliphatic rings. The van der Waals surface area contributed by atoms with Crippen LogP contribution in [-0.4, -0.2) is 135 Å². The lowest BCUT2D eigenvalue weighted by Gasteiger charge is -2.63. The summed E-state index contributed by atoms with van der Waals surface area (Å²) in [6, 6.07) is 16.2. The summed E-state index contributed by atoms with van der Waals surface area (Å²) in [5.74, 6) is -0.444. The number of aliphatic hydroxyl groups excluding tert-OH is 2. The van der Waals surface area contributed by atoms with E-state index in [1.165, 1.54) is 16.2 Å². The maximum absolute atomic E-state index is 14.1. The van der Waals surface area contributed by atoms with E-state index in [1.807, 2.05) is 52.0 Å². The molecule has 2 aromatic carbocycles. The number of β-amino-alcohol motifs (C(OH)–C–C–N with tert-alkyl or cyclic N) is 1. The van der Waals surface area contributed by atoms with Crippen molar-refractivity contribution in [3.05, 3.63) is 93.7 Å². The van der Waals surface area contributed by atoms with Gasteiger partial charge in [-0.3, -0.25) is 24.1 Å². The van der Waals surface area contributed by atoms with Crippen LogP contribution in [0.2, 0.25) is 5.02 Å². The Hall–Kier alpha value is -5.68. The van der Waals surface area contributed by atoms with E-state index in [4.69, 9.17) is 26.1 Å². The van der Waals surface area contributed by atoms with Crippen molar-refractivity contribution in [2.45, 2.75) is 117 Å². The number of piperazine rings is 1. The number of anilines is 1. The van der Waals surface area contributed by atoms with E-state index in [2.05, 4.69) is 64.5 Å². The van der Waals surface area contributed by atoms with Crippen molar-refractivity contribution in [2.75, 3.05) is 44.3 Å². The molecule has 4 aromatic rings. The van der Waals surface area contributed by atoms with Crippen molar-refractivity contribution < 1.29 is 38.9 Å². The fourth-order valence-corrected chi connectivity index (χ4v) is 12.2. The van der Waals surface area contributed by atoms with Gasteiger partial charge in [0.05, 0.1) is 44.9 Å². The number of hydrogen-bond acceptors (Lipinski definition) is 14. The SMILES string of the molecule is Cc1ncsc1-c1ccc([C@H](O)NC(=O)[C@@H]2C[C@@H](O)CN2C(=O)[C@@H](NC(=O)COCCN2C[C@@H]3C[C@H]2CN3c2ccc(C(=O)N[C@H]3C(C)(C)[C@H](Oc4ccc(C#N)c(Cl)c4)C3(C)C)cn2)C(C)(C)C)cc1. The molecule has 0 spiro atoms. The molecule has 5 N–H and O–H groups in total. The fourth-order valence-electron chi connectivity index (χ4n) is 11.2. The first-order valence-electron chi connectivity index (χ1n) is 24.0. The summed E-state index contributed by atoms with van der Waals surface area (Å²) >= 11 is 7.77. The number of pyridine rings is 1. The highest BCUT2D eigenvalue weighted by atomic mass is 35.5. The zero-order chi connectivity index (χ0) is 51.2. The molecule has 0 radical (unpaired) electrons. The second-order valence-corrected chi connectivity index (χ2v) is 22.8. The number of hydrogen-bond donors (Lipinski definition) is 5. The maximum Gasteiger partial charge on any atom is 0.253 e. The average molecular weight is 1010 g/mol. The number of benzene rings is 2. The molecule has 3 aliphatic heterocycles. The lowest BCUT2D eigenvalue weighted by molar-refractivity contribution is -0.164. The van der Waals surface area contributed by atoms with Crippen LogP contribution in [0.5, 0.6) is 5.75 Å². The molecule has 1 saturated carbocycles. The summed E-state index contributed by atoms with van der Waals surface area (Å²) in [5.41, 5.74) is 3.34. The number of aliphatic hydroxyl groups is 2. The lowest BCUT2D eigenvalue weighted by Crippen LogP contribution is -2.74. The van der Waals surface area contributed by atoms with Gasteiger partial charge in [0.2, 0.25) is 17.7 Å². The molecular weight excluding hydrogens is 946 g/mol. The summed E-state index contributed by atoms with van der Waals surface area (Å²) in [6.07, 6.45) is 0.0216. The summed E-state index contributed by atoms with van der Waals surface area (Å²) < 4.78 is 12.2. The van der Waals surface area contributed by atoms with E-state index in [0.29, 0.717) is 40.6 Å². The third kappa shape index (κ3) is 10.8. The van der Waals surface area contributed by atoms with Crippen LogP contribution in [0.25, 0.3) is 10.4 Å². The number of aryl methyl sites for hydroxylation is 1. The number of fused-ring (bicyclic) bond motifs is 2. The average Bonchev–Trinajstić information content (AvgIpc) is 4.14. The quantitative estimate of drug-likeness (QED) is 0.0718. The third-order valence-electron chi connectivity index (χ3n) is 14.6. The Bertz CT molecular complexity index is 2650. The summed E-state index contributed by atoms with van der Waals surface area (Å²) in [6.45, 7) is 17.7. The van der Waals surface area contributed by atoms with Gasteiger partial charge in [-0.05, 0) is 48.6 Å². The van der Waals surface area contributed by atoms with E-state index in [1.54, 1.807) is 42.0 Å². The van der Waals surface area contributed by atoms with Gasteiger partial charge in [-0.2, -0.15) is 5.26 Å². The van der Waals surface area contributed by atoms with E-state index in [9.17, 15) is 34.7 Å². The Labute approximate surface area is 423 Å². The van der Waals surface area contributed by atoms with Gasteiger partial charge in [0, 0.05) is 79.4 Å². The molecule has 6 atom stereocenters. The Morgan fingerprint density at radius 1 is 0.972 bits per heavy atom. The first kappa shape index (κ1) is 51.7. The standard InChI is InChI=1S/C52H64ClN9O8S/c1-29-42(71-28-56-29)30-9-11-31(12-10-30)44(65)58-46(67)39-20-36(63)26-62(39)47(68)43(50(2,3)4)57-41(64)27-69-18-17-60-24-35-19-34(60)25-61(35)40-16-14-33(23-55-40)45(66)59-48-51(5,6)49(52(48,7)8)70-37-15-13-32(22-54)38(53)21-37/h9-16,21,23,28,34-36,39,43-44,48-49,63,65H,17-20,24-27H2,1-8H3,(H,57,64)(H,58,67)(H,59,66)/t34-,35-,36+,39-,43+,44-,48-,49-/m0/s1. The van der Waals surface area contributed by atoms with Gasteiger partial charge in [-0.1, -0.05) is 84.3 Å². The van der Waals surface area contributed by atoms with Crippen LogP contribution < -0.4 is 25.6 Å². The second kappa shape index (κ2) is 20.4. The number of amides is 4. The number of carbonyl (C=O) groups excluding carboxylic acids is 4. The molecule has 71 heavy (non-hydrogen) atoms. The molecule has 4 fully saturated rings. The Balaban J connectivity index is 0.774. The first-order chi connectivity index (χ1) is 33.6. The number of aromatic nitrogens is 2. The zero-order valence-electron chi connectivity index (χ0n) is 41.4. The van der Waals surface area contributed by atoms with Crippen LogP contribution in [0.3, 0.4) is 0 Å². The highest BCUT2D eigenvalue weighted by Crippen LogP contribution is 2.55. The molecule has 2 bridgehead atoms. The molecule has 17 nitrogen and oxygen atoms in total. The van der Waals surface area contributed by atoms with Crippen molar-refractivity contribution in [3.8, 4) is 22.3 Å². The number of halogens is 1. The van der Waals surface area contributed by atoms with Gasteiger partial charge in [-0.25, -0.2) is 9.97 Å². The smallest absolute Gasteiger partial charge is 0.253 e. The van der Waals surface area contributed by atoms with Crippen molar-refractivity contribution in [2.24, 2.45) is 16.2 Å². The predicted octanol–water partition coefficient (Wildman–Crippen LogP) is 5.23. The van der Waals surface area contributed by atoms with E-state index in [0.717, 1.165) is 41.5 Å². The van der Waals surface area contributed by atoms with Gasteiger partial charge >= 0.3 is 0 Å². The normalized spacial score (nSPS) is 24.1. The molecule has 3 saturated heterocycles. The van der Waals surface area contributed by atoms with Crippen molar-refractivity contribution in [1.29, 1.82) is 5.26 Å². The molecule has 19 heteroatoms. The second-order valence-electron chi connectivity index (χ2n) is 21.5. The summed E-state index contributed by atoms with van der Waals surface area (Å²) in [4.78, 5) is 70.4. The number of nitrogens with zero attached hydrogens (tertiary/aromatic N) is 6. The minimum Gasteiger partial charge on any atom is -0.489 e. The Morgan fingerprint density at radius 3 is 2.31 bits per heavy atom. The fraction of sp³-hybridized carbons (Fsp3) is 0.519. The predicted molar refractivity (Wildman–Crippen MR) is 268 cm³/mol. The third-order valence-corrected chi connectivity index (χ3v) is 15.9. The Kier molecular flexibility index (Phi) is 14.9. The van der Waals surface area contributed by atoms with E-state index >= 15 is 0 Å². The van der Waals surface area contributed by atoms with Crippen LogP contribution >= 0.6 is 22.9 Å². The molecule has 1 aliphatic carbocycles. The minimum absolute atomic E-state index is 0.0172. The van der Waals surface area contributed by atoms with Crippen molar-refractivity contribution in [3.63, 3.8) is 0 Å². The Morgan fingerprint density at radius 2 is 1.70 bits per heavy atom. The van der Waals surface area contributed by atoms with Crippen LogP contribution in [-0.2, 0) is 19.1 Å². The molecule has 4 amide bonds. The van der Waals surface area contributed by atoms with Crippen LogP contribution in [0.15, 0.2) is 66.3 Å². The van der Waals surface area contributed by atoms with Crippen LogP contribution in [0.4, 0.5) is 5.82 Å². The monoisotopic (exact) mass is 1010 g/mol. The number of nitrogens with one attached hydrogen (secondary N) is 3. The number of likely N-dealkylation sites (tertiary alicyclic amines) is 2. The zero-order valence-corrected chi connectivity index (χ0v) is 43.0. The van der Waals surface area contributed by atoms with Gasteiger partial charge in [0.1, 0.15) is 42.4 Å². The number of rotatable bonds is 16. The van der Waals surface area contributed by atoms with Gasteiger partial charge in [0.25, 0.3) is 5.91 Å². The van der Waals surface area contributed by atoms with Gasteiger partial charge < -0.3 is 45.4 Å².